The minimum absolute atomic E-state index is 0.0278. The van der Waals surface area contributed by atoms with Crippen LogP contribution in [0.15, 0.2) is 65.4 Å². The van der Waals surface area contributed by atoms with Gasteiger partial charge in [-0.3, -0.25) is 19.4 Å². The lowest BCUT2D eigenvalue weighted by atomic mass is 9.78. The van der Waals surface area contributed by atoms with Crippen LogP contribution >= 0.6 is 0 Å². The number of nitrogens with one attached hydrogen (secondary N) is 1. The number of nitrogen functional groups attached to an aromatic ring is 1. The molecular weight excluding hydrogens is 762 g/mol. The first kappa shape index (κ1) is 44.2. The largest absolute Gasteiger partial charge is 0.507 e. The molecule has 0 saturated carbocycles. The summed E-state index contributed by atoms with van der Waals surface area (Å²) >= 11 is 0. The summed E-state index contributed by atoms with van der Waals surface area (Å²) in [6.07, 6.45) is 4.57. The second-order valence-corrected chi connectivity index (χ2v) is 15.4. The highest BCUT2D eigenvalue weighted by Gasteiger charge is 2.50. The fraction of sp³-hybridized carbons (Fsp3) is 0.409. The molecule has 59 heavy (non-hydrogen) atoms. The van der Waals surface area contributed by atoms with E-state index in [1.807, 2.05) is 0 Å². The molecule has 3 aromatic carbocycles. The van der Waals surface area contributed by atoms with Gasteiger partial charge < -0.3 is 55.5 Å². The number of anilines is 2. The molecule has 0 aliphatic carbocycles. The van der Waals surface area contributed by atoms with Crippen molar-refractivity contribution >= 4 is 51.7 Å². The van der Waals surface area contributed by atoms with E-state index < -0.39 is 88.8 Å². The lowest BCUT2D eigenvalue weighted by Crippen LogP contribution is -2.46. The number of hydrogen-bond acceptors (Lipinski definition) is 14. The van der Waals surface area contributed by atoms with Crippen LogP contribution in [0.4, 0.5) is 17.1 Å². The number of para-hydroxylation sites is 2. The maximum absolute atomic E-state index is 14.4. The molecule has 15 nitrogen and oxygen atoms in total. The van der Waals surface area contributed by atoms with Crippen LogP contribution < -0.4 is 15.8 Å². The third kappa shape index (κ3) is 8.49. The third-order valence-electron chi connectivity index (χ3n) is 11.3. The summed E-state index contributed by atoms with van der Waals surface area (Å²) in [4.78, 5) is 44.9. The molecule has 0 saturated heterocycles. The van der Waals surface area contributed by atoms with Crippen molar-refractivity contribution in [3.63, 3.8) is 0 Å². The van der Waals surface area contributed by atoms with E-state index in [4.69, 9.17) is 24.7 Å². The number of benzene rings is 3. The van der Waals surface area contributed by atoms with Crippen LogP contribution in [0.25, 0.3) is 10.8 Å². The molecule has 0 aromatic heterocycles. The number of fused-ring (bicyclic) bond motifs is 14. The molecule has 0 fully saturated rings. The number of amides is 1. The van der Waals surface area contributed by atoms with Crippen molar-refractivity contribution in [3.05, 3.63) is 77.1 Å². The fourth-order valence-electron chi connectivity index (χ4n) is 7.61. The topological polar surface area (TPSA) is 240 Å². The van der Waals surface area contributed by atoms with Gasteiger partial charge in [0.25, 0.3) is 11.7 Å². The summed E-state index contributed by atoms with van der Waals surface area (Å²) in [5, 5.41) is 60.3. The smallest absolute Gasteiger partial charge is 0.312 e. The first-order chi connectivity index (χ1) is 27.7. The maximum atomic E-state index is 14.4. The quantitative estimate of drug-likeness (QED) is 0.0520. The van der Waals surface area contributed by atoms with Crippen molar-refractivity contribution in [3.8, 4) is 23.0 Å². The SMILES string of the molecule is COC1/C=C\OC2(C)Oc3c(C)c(O)c4c(O)c(c(C=Nc5ccccc5N)c(O)c4c3C2=O)NC(=O)/C(C)=C\C=C/C(C)C(O)C(C)C(O)C(C)C(OC(C)=O)C1C. The van der Waals surface area contributed by atoms with Crippen molar-refractivity contribution in [2.45, 2.75) is 85.6 Å². The number of ether oxygens (including phenoxy) is 4. The van der Waals surface area contributed by atoms with E-state index in [0.717, 1.165) is 6.21 Å². The predicted molar refractivity (Wildman–Crippen MR) is 222 cm³/mol. The minimum Gasteiger partial charge on any atom is -0.507 e. The minimum atomic E-state index is -2.07. The number of methoxy groups -OCH3 is 1. The average Bonchev–Trinajstić information content (AvgIpc) is 3.46. The van der Waals surface area contributed by atoms with E-state index in [1.165, 1.54) is 53.2 Å². The van der Waals surface area contributed by atoms with Gasteiger partial charge in [0, 0.05) is 67.4 Å². The predicted octanol–water partition coefficient (Wildman–Crippen LogP) is 6.09. The Bertz CT molecular complexity index is 2260. The standard InChI is InChI=1S/C44H53N3O12/c1-20-13-12-14-21(2)43(55)47-34-27(19-46-29-16-11-10-15-28(29)45)38(52)31-32(39(34)53)37(51)25(6)41-33(31)42(54)44(8,59-41)57-18-17-30(56-9)22(3)40(58-26(7)48)24(5)36(50)23(4)35(20)49/h10-20,22-24,30,35-36,40,49-53H,45H2,1-9H3,(H,47,55)/b13-12-,18-17-,21-14-,46-19?. The summed E-state index contributed by atoms with van der Waals surface area (Å²) < 4.78 is 23.5. The number of aromatic hydroxyl groups is 3. The molecule has 0 radical (unpaired) electrons. The zero-order valence-corrected chi connectivity index (χ0v) is 34.5. The fourth-order valence-corrected chi connectivity index (χ4v) is 7.61. The summed E-state index contributed by atoms with van der Waals surface area (Å²) in [6, 6.07) is 6.60. The highest BCUT2D eigenvalue weighted by atomic mass is 16.7. The molecule has 9 unspecified atom stereocenters. The van der Waals surface area contributed by atoms with Gasteiger partial charge in [-0.25, -0.2) is 0 Å². The second-order valence-electron chi connectivity index (χ2n) is 15.4. The van der Waals surface area contributed by atoms with E-state index >= 15 is 0 Å². The van der Waals surface area contributed by atoms with Crippen molar-refractivity contribution in [2.24, 2.45) is 28.7 Å². The van der Waals surface area contributed by atoms with Crippen LogP contribution in [0, 0.1) is 30.6 Å². The maximum Gasteiger partial charge on any atom is 0.312 e. The van der Waals surface area contributed by atoms with E-state index in [0.29, 0.717) is 11.4 Å². The number of allylic oxidation sites excluding steroid dienone is 2. The first-order valence-electron chi connectivity index (χ1n) is 19.2. The summed E-state index contributed by atoms with van der Waals surface area (Å²) in [5.74, 6) is -8.70. The summed E-state index contributed by atoms with van der Waals surface area (Å²) in [6.45, 7) is 12.4. The summed E-state index contributed by atoms with van der Waals surface area (Å²) in [5.41, 5.74) is 6.09. The first-order valence-corrected chi connectivity index (χ1v) is 19.2. The van der Waals surface area contributed by atoms with Crippen LogP contribution in [0.2, 0.25) is 0 Å². The van der Waals surface area contributed by atoms with E-state index in [1.54, 1.807) is 64.1 Å². The van der Waals surface area contributed by atoms with Gasteiger partial charge in [-0.1, -0.05) is 58.1 Å². The molecule has 0 spiro atoms. The number of carbonyl (C=O) groups excluding carboxylic acids is 3. The Morgan fingerprint density at radius 2 is 1.63 bits per heavy atom. The molecule has 3 aromatic rings. The molecular formula is C44H53N3O12. The molecule has 3 aliphatic rings. The molecule has 5 bridgehead atoms. The molecule has 316 valence electrons. The van der Waals surface area contributed by atoms with Gasteiger partial charge in [0.1, 0.15) is 23.4 Å². The number of phenolic OH excluding ortho intramolecular Hbond substituents is 3. The Balaban J connectivity index is 1.74. The molecule has 8 N–H and O–H groups in total. The molecule has 15 heteroatoms. The zero-order chi connectivity index (χ0) is 43.7. The van der Waals surface area contributed by atoms with Gasteiger partial charge in [0.15, 0.2) is 5.75 Å². The number of aliphatic hydroxyl groups excluding tert-OH is 2. The van der Waals surface area contributed by atoms with Gasteiger partial charge in [-0.15, -0.1) is 0 Å². The van der Waals surface area contributed by atoms with Crippen molar-refractivity contribution in [2.75, 3.05) is 18.2 Å². The van der Waals surface area contributed by atoms with E-state index in [-0.39, 0.29) is 44.5 Å². The Labute approximate surface area is 342 Å². The third-order valence-corrected chi connectivity index (χ3v) is 11.3. The van der Waals surface area contributed by atoms with E-state index in [2.05, 4.69) is 10.3 Å². The number of nitrogens with zero attached hydrogens (tertiary/aromatic N) is 1. The zero-order valence-electron chi connectivity index (χ0n) is 34.5. The number of carbonyl (C=O) groups is 3. The van der Waals surface area contributed by atoms with Crippen molar-refractivity contribution < 1.29 is 58.9 Å². The van der Waals surface area contributed by atoms with Gasteiger partial charge in [0.2, 0.25) is 0 Å². The van der Waals surface area contributed by atoms with Gasteiger partial charge in [-0.05, 0) is 32.1 Å². The normalized spacial score (nSPS) is 30.1. The lowest BCUT2D eigenvalue weighted by Gasteiger charge is -2.38. The Hall–Kier alpha value is -5.90. The number of nitrogens with two attached hydrogens (primary N) is 1. The molecule has 3 heterocycles. The van der Waals surface area contributed by atoms with Gasteiger partial charge >= 0.3 is 11.8 Å². The Morgan fingerprint density at radius 3 is 2.27 bits per heavy atom. The Kier molecular flexibility index (Phi) is 13.1. The van der Waals surface area contributed by atoms with Crippen LogP contribution in [0.5, 0.6) is 23.0 Å². The van der Waals surface area contributed by atoms with Crippen LogP contribution in [0.1, 0.15) is 70.0 Å². The second kappa shape index (κ2) is 17.5. The molecule has 9 atom stereocenters. The highest BCUT2D eigenvalue weighted by molar-refractivity contribution is 6.24. The number of rotatable bonds is 4. The molecule has 3 aliphatic heterocycles. The van der Waals surface area contributed by atoms with E-state index in [9.17, 15) is 39.9 Å². The molecule has 6 rings (SSSR count). The number of esters is 1. The number of hydrogen-bond donors (Lipinski definition) is 7. The number of ketones is 1. The van der Waals surface area contributed by atoms with Crippen LogP contribution in [-0.2, 0) is 23.8 Å². The van der Waals surface area contributed by atoms with Crippen LogP contribution in [0.3, 0.4) is 0 Å². The number of phenols is 3. The number of aliphatic imine (C=N–C) groups is 1. The lowest BCUT2D eigenvalue weighted by molar-refractivity contribution is -0.160. The average molecular weight is 816 g/mol. The van der Waals surface area contributed by atoms with Crippen LogP contribution in [-0.4, -0.2) is 86.7 Å². The van der Waals surface area contributed by atoms with Gasteiger partial charge in [-0.2, -0.15) is 0 Å². The summed E-state index contributed by atoms with van der Waals surface area (Å²) in [7, 11) is 1.43. The monoisotopic (exact) mass is 815 g/mol. The number of aliphatic hydroxyl groups is 2. The van der Waals surface area contributed by atoms with Crippen molar-refractivity contribution in [1.82, 2.24) is 0 Å². The molecule has 1 amide bonds. The Morgan fingerprint density at radius 1 is 0.949 bits per heavy atom. The number of Topliss-reactive ketones (excluding diaryl/α,β-unsaturated/α-hetero) is 1. The van der Waals surface area contributed by atoms with Gasteiger partial charge in [0.05, 0.1) is 58.1 Å². The highest BCUT2D eigenvalue weighted by Crippen LogP contribution is 2.55. The van der Waals surface area contributed by atoms with Crippen molar-refractivity contribution in [1.29, 1.82) is 0 Å².